The maximum absolute atomic E-state index is 3.86. The molecule has 1 atom stereocenters. The van der Waals surface area contributed by atoms with Gasteiger partial charge in [0.1, 0.15) is 0 Å². The zero-order chi connectivity index (χ0) is 10.6. The van der Waals surface area contributed by atoms with Crippen molar-refractivity contribution in [2.75, 3.05) is 7.05 Å². The van der Waals surface area contributed by atoms with Crippen molar-refractivity contribution in [3.8, 4) is 0 Å². The van der Waals surface area contributed by atoms with Crippen LogP contribution in [0.1, 0.15) is 19.4 Å². The lowest BCUT2D eigenvalue weighted by Gasteiger charge is -2.32. The second kappa shape index (κ2) is 4.43. The van der Waals surface area contributed by atoms with Crippen molar-refractivity contribution >= 4 is 0 Å². The smallest absolute Gasteiger partial charge is 0.0336 e. The molecule has 0 aliphatic heterocycles. The molecule has 1 unspecified atom stereocenters. The normalized spacial score (nSPS) is 13.6. The van der Waals surface area contributed by atoms with Crippen LogP contribution in [-0.2, 0) is 5.41 Å². The fraction of sp³-hybridized carbons (Fsp3) is 0.385. The van der Waals surface area contributed by atoms with Crippen LogP contribution in [0.4, 0.5) is 0 Å². The fourth-order valence-corrected chi connectivity index (χ4v) is 1.82. The van der Waals surface area contributed by atoms with Crippen molar-refractivity contribution in [2.24, 2.45) is 0 Å². The van der Waals surface area contributed by atoms with Crippen LogP contribution in [0.25, 0.3) is 0 Å². The highest BCUT2D eigenvalue weighted by atomic mass is 14.9. The summed E-state index contributed by atoms with van der Waals surface area (Å²) in [6.45, 7) is 8.32. The molecule has 0 bridgehead atoms. The Hall–Kier alpha value is -1.08. The van der Waals surface area contributed by atoms with Gasteiger partial charge < -0.3 is 5.32 Å². The summed E-state index contributed by atoms with van der Waals surface area (Å²) in [5.41, 5.74) is 1.41. The van der Waals surface area contributed by atoms with Crippen LogP contribution in [0.2, 0.25) is 0 Å². The first-order chi connectivity index (χ1) is 6.62. The van der Waals surface area contributed by atoms with E-state index in [1.54, 1.807) is 0 Å². The molecule has 1 heteroatoms. The van der Waals surface area contributed by atoms with Crippen LogP contribution < -0.4 is 5.32 Å². The van der Waals surface area contributed by atoms with E-state index >= 15 is 0 Å². The first-order valence-corrected chi connectivity index (χ1v) is 4.98. The van der Waals surface area contributed by atoms with E-state index in [0.717, 1.165) is 0 Å². The third-order valence-corrected chi connectivity index (χ3v) is 2.84. The lowest BCUT2D eigenvalue weighted by Crippen LogP contribution is -2.41. The number of hydrogen-bond acceptors (Lipinski definition) is 1. The van der Waals surface area contributed by atoms with Gasteiger partial charge in [-0.05, 0) is 12.6 Å². The Morgan fingerprint density at radius 1 is 1.29 bits per heavy atom. The van der Waals surface area contributed by atoms with E-state index in [9.17, 15) is 0 Å². The van der Waals surface area contributed by atoms with Crippen LogP contribution in [-0.4, -0.2) is 13.1 Å². The Morgan fingerprint density at radius 2 is 1.86 bits per heavy atom. The van der Waals surface area contributed by atoms with E-state index in [2.05, 4.69) is 50.0 Å². The van der Waals surface area contributed by atoms with Gasteiger partial charge in [-0.3, -0.25) is 0 Å². The molecular formula is C13H19N. The summed E-state index contributed by atoms with van der Waals surface area (Å²) in [6.07, 6.45) is 1.97. The Balaban J connectivity index is 3.00. The average Bonchev–Trinajstić information content (AvgIpc) is 2.20. The Labute approximate surface area is 86.8 Å². The topological polar surface area (TPSA) is 12.0 Å². The minimum Gasteiger partial charge on any atom is -0.313 e. The van der Waals surface area contributed by atoms with Gasteiger partial charge in [0.25, 0.3) is 0 Å². The zero-order valence-corrected chi connectivity index (χ0v) is 9.25. The first kappa shape index (κ1) is 11.0. The molecule has 1 aromatic carbocycles. The molecule has 0 radical (unpaired) electrons. The minimum absolute atomic E-state index is 0.0811. The van der Waals surface area contributed by atoms with Crippen molar-refractivity contribution in [1.29, 1.82) is 0 Å². The summed E-state index contributed by atoms with van der Waals surface area (Å²) in [4.78, 5) is 0. The number of hydrogen-bond donors (Lipinski definition) is 1. The summed E-state index contributed by atoms with van der Waals surface area (Å²) >= 11 is 0. The first-order valence-electron chi connectivity index (χ1n) is 4.98. The van der Waals surface area contributed by atoms with Crippen molar-refractivity contribution in [2.45, 2.75) is 25.3 Å². The quantitative estimate of drug-likeness (QED) is 0.718. The average molecular weight is 189 g/mol. The molecule has 0 aliphatic rings. The Kier molecular flexibility index (Phi) is 3.48. The van der Waals surface area contributed by atoms with Crippen molar-refractivity contribution in [1.82, 2.24) is 5.32 Å². The van der Waals surface area contributed by atoms with Crippen molar-refractivity contribution < 1.29 is 0 Å². The van der Waals surface area contributed by atoms with Gasteiger partial charge in [-0.15, -0.1) is 6.58 Å². The largest absolute Gasteiger partial charge is 0.313 e. The van der Waals surface area contributed by atoms with E-state index in [0.29, 0.717) is 6.04 Å². The molecule has 0 saturated carbocycles. The van der Waals surface area contributed by atoms with Gasteiger partial charge in [0.05, 0.1) is 0 Å². The lowest BCUT2D eigenvalue weighted by atomic mass is 9.78. The molecule has 0 heterocycles. The second-order valence-electron chi connectivity index (χ2n) is 4.09. The lowest BCUT2D eigenvalue weighted by molar-refractivity contribution is 0.416. The van der Waals surface area contributed by atoms with Gasteiger partial charge >= 0.3 is 0 Å². The number of rotatable bonds is 4. The monoisotopic (exact) mass is 189 g/mol. The van der Waals surface area contributed by atoms with Gasteiger partial charge in [-0.25, -0.2) is 0 Å². The highest BCUT2D eigenvalue weighted by Crippen LogP contribution is 2.27. The molecule has 0 fully saturated rings. The Bertz CT molecular complexity index is 287. The molecule has 0 saturated heterocycles. The highest BCUT2D eigenvalue weighted by Gasteiger charge is 2.27. The third kappa shape index (κ3) is 2.05. The number of likely N-dealkylation sites (N-methyl/N-ethyl adjacent to an activating group) is 1. The van der Waals surface area contributed by atoms with Gasteiger partial charge in [-0.1, -0.05) is 50.3 Å². The fourth-order valence-electron chi connectivity index (χ4n) is 1.82. The van der Waals surface area contributed by atoms with E-state index in [1.807, 2.05) is 19.2 Å². The second-order valence-corrected chi connectivity index (χ2v) is 4.09. The molecule has 1 nitrogen and oxygen atoms in total. The summed E-state index contributed by atoms with van der Waals surface area (Å²) in [5, 5.41) is 3.27. The summed E-state index contributed by atoms with van der Waals surface area (Å²) < 4.78 is 0. The maximum Gasteiger partial charge on any atom is 0.0336 e. The van der Waals surface area contributed by atoms with E-state index < -0.39 is 0 Å². The van der Waals surface area contributed by atoms with Gasteiger partial charge in [-0.2, -0.15) is 0 Å². The van der Waals surface area contributed by atoms with Crippen molar-refractivity contribution in [3.63, 3.8) is 0 Å². The summed E-state index contributed by atoms with van der Waals surface area (Å²) in [7, 11) is 1.97. The zero-order valence-electron chi connectivity index (χ0n) is 9.25. The molecule has 0 spiro atoms. The molecule has 0 aliphatic carbocycles. The molecule has 76 valence electrons. The maximum atomic E-state index is 3.86. The highest BCUT2D eigenvalue weighted by molar-refractivity contribution is 5.27. The van der Waals surface area contributed by atoms with Gasteiger partial charge in [0.15, 0.2) is 0 Å². The minimum atomic E-state index is 0.0811. The van der Waals surface area contributed by atoms with Crippen LogP contribution in [0.3, 0.4) is 0 Å². The number of benzene rings is 1. The molecule has 14 heavy (non-hydrogen) atoms. The molecule has 0 amide bonds. The van der Waals surface area contributed by atoms with E-state index in [-0.39, 0.29) is 5.41 Å². The van der Waals surface area contributed by atoms with Crippen LogP contribution in [0.5, 0.6) is 0 Å². The predicted molar refractivity (Wildman–Crippen MR) is 62.5 cm³/mol. The molecule has 0 aromatic heterocycles. The summed E-state index contributed by atoms with van der Waals surface area (Å²) in [5.74, 6) is 0. The SMILES string of the molecule is C=CC(NC)C(C)(C)c1ccccc1. The standard InChI is InChI=1S/C13H19N/c1-5-12(14-4)13(2,3)11-9-7-6-8-10-11/h5-10,12,14H,1H2,2-4H3. The predicted octanol–water partition coefficient (Wildman–Crippen LogP) is 2.74. The van der Waals surface area contributed by atoms with E-state index in [1.165, 1.54) is 5.56 Å². The Morgan fingerprint density at radius 3 is 2.29 bits per heavy atom. The molecule has 1 rings (SSSR count). The number of nitrogens with one attached hydrogen (secondary N) is 1. The van der Waals surface area contributed by atoms with Gasteiger partial charge in [0, 0.05) is 11.5 Å². The summed E-state index contributed by atoms with van der Waals surface area (Å²) in [6, 6.07) is 10.8. The third-order valence-electron chi connectivity index (χ3n) is 2.84. The van der Waals surface area contributed by atoms with Gasteiger partial charge in [0.2, 0.25) is 0 Å². The molecule has 1 N–H and O–H groups in total. The molecular weight excluding hydrogens is 170 g/mol. The van der Waals surface area contributed by atoms with Crippen LogP contribution in [0.15, 0.2) is 43.0 Å². The molecule has 1 aromatic rings. The van der Waals surface area contributed by atoms with Crippen molar-refractivity contribution in [3.05, 3.63) is 48.6 Å². The van der Waals surface area contributed by atoms with Crippen LogP contribution in [0, 0.1) is 0 Å². The van der Waals surface area contributed by atoms with E-state index in [4.69, 9.17) is 0 Å². The van der Waals surface area contributed by atoms with Crippen LogP contribution >= 0.6 is 0 Å².